The molecule has 4 aliphatic rings. The molecule has 2 aliphatic heterocycles. The summed E-state index contributed by atoms with van der Waals surface area (Å²) in [5.74, 6) is 9.05. The first-order valence-corrected chi connectivity index (χ1v) is 17.2. The summed E-state index contributed by atoms with van der Waals surface area (Å²) >= 11 is 0. The fourth-order valence-corrected chi connectivity index (χ4v) is 7.82. The molecule has 0 bridgehead atoms. The third-order valence-electron chi connectivity index (χ3n) is 10.7. The largest absolute Gasteiger partial charge is 0.453 e. The molecule has 10 nitrogen and oxygen atoms in total. The minimum atomic E-state index is -0.713. The van der Waals surface area contributed by atoms with Crippen LogP contribution in [0.15, 0.2) is 48.5 Å². The fourth-order valence-electron chi connectivity index (χ4n) is 7.82. The Morgan fingerprint density at radius 2 is 1.77 bits per heavy atom. The summed E-state index contributed by atoms with van der Waals surface area (Å²) in [6.07, 6.45) is 4.50. The summed E-state index contributed by atoms with van der Waals surface area (Å²) in [6.45, 7) is 3.83. The first-order chi connectivity index (χ1) is 23.3. The average molecular weight is 642 g/mol. The van der Waals surface area contributed by atoms with E-state index >= 15 is 0 Å². The zero-order valence-electron chi connectivity index (χ0n) is 27.3. The zero-order valence-corrected chi connectivity index (χ0v) is 27.3. The van der Waals surface area contributed by atoms with Crippen molar-refractivity contribution in [1.29, 1.82) is 0 Å². The highest BCUT2D eigenvalue weighted by atomic mass is 16.5. The van der Waals surface area contributed by atoms with Gasteiger partial charge >= 0.3 is 6.09 Å². The summed E-state index contributed by atoms with van der Waals surface area (Å²) in [7, 11) is 1.30. The lowest BCUT2D eigenvalue weighted by atomic mass is 10.0. The van der Waals surface area contributed by atoms with Gasteiger partial charge in [0, 0.05) is 23.4 Å². The molecule has 2 aromatic heterocycles. The van der Waals surface area contributed by atoms with Crippen LogP contribution in [0.5, 0.6) is 0 Å². The number of nitrogens with zero attached hydrogens (tertiary/aromatic N) is 3. The Morgan fingerprint density at radius 1 is 0.958 bits per heavy atom. The number of methoxy groups -OCH3 is 1. The Hall–Kier alpha value is -4.88. The molecule has 2 aliphatic carbocycles. The van der Waals surface area contributed by atoms with Gasteiger partial charge < -0.3 is 30.2 Å². The summed E-state index contributed by atoms with van der Waals surface area (Å²) in [4.78, 5) is 44.7. The van der Waals surface area contributed by atoms with E-state index in [1.165, 1.54) is 41.9 Å². The second kappa shape index (κ2) is 11.1. The molecule has 0 spiro atoms. The molecular formula is C38H39N7O3. The maximum atomic E-state index is 13.9. The summed E-state index contributed by atoms with van der Waals surface area (Å²) in [5, 5.41) is 8.83. The van der Waals surface area contributed by atoms with Crippen molar-refractivity contribution >= 4 is 44.8 Å². The van der Waals surface area contributed by atoms with Crippen LogP contribution in [0.3, 0.4) is 0 Å². The molecule has 4 heterocycles. The van der Waals surface area contributed by atoms with Gasteiger partial charge in [-0.15, -0.1) is 0 Å². The van der Waals surface area contributed by atoms with Gasteiger partial charge in [-0.1, -0.05) is 56.0 Å². The maximum Gasteiger partial charge on any atom is 0.407 e. The summed E-state index contributed by atoms with van der Waals surface area (Å²) < 4.78 is 4.80. The van der Waals surface area contributed by atoms with Gasteiger partial charge in [-0.05, 0) is 78.7 Å². The molecule has 7 atom stereocenters. The van der Waals surface area contributed by atoms with Crippen molar-refractivity contribution in [2.45, 2.75) is 76.2 Å². The normalized spacial score (nSPS) is 25.9. The smallest absolute Gasteiger partial charge is 0.407 e. The number of rotatable bonds is 8. The van der Waals surface area contributed by atoms with Crippen molar-refractivity contribution < 1.29 is 14.3 Å². The zero-order chi connectivity index (χ0) is 32.7. The lowest BCUT2D eigenvalue weighted by Gasteiger charge is -2.33. The first-order valence-electron chi connectivity index (χ1n) is 17.2. The quantitative estimate of drug-likeness (QED) is 0.167. The number of carbonyl (C=O) groups excluding carboxylic acids is 2. The van der Waals surface area contributed by atoms with Crippen molar-refractivity contribution in [1.82, 2.24) is 35.5 Å². The predicted octanol–water partition coefficient (Wildman–Crippen LogP) is 5.46. The van der Waals surface area contributed by atoms with E-state index in [9.17, 15) is 9.59 Å². The Bertz CT molecular complexity index is 2160. The van der Waals surface area contributed by atoms with E-state index in [-0.39, 0.29) is 23.8 Å². The van der Waals surface area contributed by atoms with E-state index < -0.39 is 18.2 Å². The van der Waals surface area contributed by atoms with E-state index in [0.717, 1.165) is 53.1 Å². The SMILES string of the molecule is COC(=O)N[C@H](C(=O)N1C2CC2C#C[C@H]1c1nc2ccc(CCc3ccc4c(ccc5[nH]c([C@@H]6C[C@H]7C[C@H]7N6)nc54)c3)cc2[nH]1)C(C)C. The van der Waals surface area contributed by atoms with Crippen LogP contribution < -0.4 is 10.6 Å². The number of ether oxygens (including phenoxy) is 1. The Labute approximate surface area is 278 Å². The third kappa shape index (κ3) is 5.08. The molecule has 4 N–H and O–H groups in total. The third-order valence-corrected chi connectivity index (χ3v) is 10.7. The molecule has 2 saturated carbocycles. The van der Waals surface area contributed by atoms with E-state index in [1.807, 2.05) is 24.8 Å². The van der Waals surface area contributed by atoms with Crippen molar-refractivity contribution in [3.8, 4) is 11.8 Å². The standard InChI is InChI=1S/C38H39N7O3/c1-19(2)33(44-38(47)48-3)37(46)45-31(13-9-23-18-32(23)45)36-40-26-11-7-21(15-29(26)42-36)5-4-20-6-10-25-22(14-20)8-12-27-34(25)43-35(41-27)30-17-24-16-28(24)39-30/h6-8,10-12,14-15,19,23-24,28,30-33,39H,4-5,16-18H2,1-3H3,(H,40,42)(H,41,43)(H,44,47)/t23?,24-,28-,30+,31+,32?,33+/m1/s1. The van der Waals surface area contributed by atoms with Crippen molar-refractivity contribution in [2.75, 3.05) is 7.11 Å². The number of carbonyl (C=O) groups is 2. The van der Waals surface area contributed by atoms with Gasteiger partial charge in [-0.3, -0.25) is 4.79 Å². The number of hydrogen-bond donors (Lipinski definition) is 4. The second-order valence-electron chi connectivity index (χ2n) is 14.4. The monoisotopic (exact) mass is 641 g/mol. The number of hydrogen-bond acceptors (Lipinski definition) is 6. The maximum absolute atomic E-state index is 13.9. The van der Waals surface area contributed by atoms with Crippen LogP contribution in [0.1, 0.15) is 68.0 Å². The van der Waals surface area contributed by atoms with Crippen LogP contribution in [0.4, 0.5) is 4.79 Å². The Kier molecular flexibility index (Phi) is 6.77. The van der Waals surface area contributed by atoms with Gasteiger partial charge in [0.1, 0.15) is 17.7 Å². The molecule has 9 rings (SSSR count). The summed E-state index contributed by atoms with van der Waals surface area (Å²) in [5.41, 5.74) is 6.40. The number of aromatic amines is 2. The minimum Gasteiger partial charge on any atom is -0.453 e. The van der Waals surface area contributed by atoms with Crippen LogP contribution in [0, 0.1) is 29.6 Å². The molecular weight excluding hydrogens is 602 g/mol. The number of amides is 2. The van der Waals surface area contributed by atoms with Gasteiger partial charge in [-0.2, -0.15) is 0 Å². The number of nitrogens with one attached hydrogen (secondary N) is 4. The average Bonchev–Trinajstić information content (AvgIpc) is 3.85. The van der Waals surface area contributed by atoms with Gasteiger partial charge in [0.05, 0.1) is 35.2 Å². The van der Waals surface area contributed by atoms with Crippen LogP contribution in [-0.2, 0) is 22.4 Å². The second-order valence-corrected chi connectivity index (χ2v) is 14.4. The van der Waals surface area contributed by atoms with Crippen LogP contribution in [-0.4, -0.2) is 62.1 Å². The number of imidazole rings is 2. The summed E-state index contributed by atoms with van der Waals surface area (Å²) in [6, 6.07) is 17.2. The first kappa shape index (κ1) is 29.3. The molecule has 0 radical (unpaired) electrons. The molecule has 2 unspecified atom stereocenters. The number of H-pyrrole nitrogens is 2. The van der Waals surface area contributed by atoms with Crippen LogP contribution in [0.25, 0.3) is 32.8 Å². The highest BCUT2D eigenvalue weighted by molar-refractivity contribution is 6.04. The van der Waals surface area contributed by atoms with Crippen LogP contribution >= 0.6 is 0 Å². The van der Waals surface area contributed by atoms with Crippen molar-refractivity contribution in [3.05, 3.63) is 71.3 Å². The molecule has 2 amide bonds. The van der Waals surface area contributed by atoms with Crippen molar-refractivity contribution in [3.63, 3.8) is 0 Å². The van der Waals surface area contributed by atoms with Crippen molar-refractivity contribution in [2.24, 2.45) is 17.8 Å². The molecule has 3 aromatic carbocycles. The van der Waals surface area contributed by atoms with Gasteiger partial charge in [0.2, 0.25) is 5.91 Å². The number of benzene rings is 3. The fraction of sp³-hybridized carbons (Fsp3) is 0.421. The molecule has 1 saturated heterocycles. The lowest BCUT2D eigenvalue weighted by molar-refractivity contribution is -0.137. The number of alkyl carbamates (subject to hydrolysis) is 1. The molecule has 5 aromatic rings. The number of aromatic nitrogens is 4. The van der Waals surface area contributed by atoms with Gasteiger partial charge in [0.15, 0.2) is 6.04 Å². The van der Waals surface area contributed by atoms with E-state index in [2.05, 4.69) is 74.9 Å². The molecule has 3 fully saturated rings. The Balaban J connectivity index is 0.922. The minimum absolute atomic E-state index is 0.0242. The van der Waals surface area contributed by atoms with Gasteiger partial charge in [0.25, 0.3) is 0 Å². The Morgan fingerprint density at radius 3 is 2.56 bits per heavy atom. The predicted molar refractivity (Wildman–Crippen MR) is 183 cm³/mol. The molecule has 10 heteroatoms. The number of piperidine rings is 1. The lowest BCUT2D eigenvalue weighted by Crippen LogP contribution is -2.53. The van der Waals surface area contributed by atoms with Gasteiger partial charge in [-0.25, -0.2) is 14.8 Å². The number of fused-ring (bicyclic) bond motifs is 6. The molecule has 244 valence electrons. The van der Waals surface area contributed by atoms with E-state index in [0.29, 0.717) is 17.9 Å². The molecule has 48 heavy (non-hydrogen) atoms. The highest BCUT2D eigenvalue weighted by Gasteiger charge is 2.51. The topological polar surface area (TPSA) is 128 Å². The van der Waals surface area contributed by atoms with E-state index in [1.54, 1.807) is 0 Å². The number of aryl methyl sites for hydroxylation is 2. The van der Waals surface area contributed by atoms with Crippen LogP contribution in [0.2, 0.25) is 0 Å². The highest BCUT2D eigenvalue weighted by Crippen LogP contribution is 2.46. The van der Waals surface area contributed by atoms with E-state index in [4.69, 9.17) is 14.7 Å².